The van der Waals surface area contributed by atoms with E-state index in [4.69, 9.17) is 18.7 Å². The predicted octanol–water partition coefficient (Wildman–Crippen LogP) is 6.46. The molecule has 52 heavy (non-hydrogen) atoms. The van der Waals surface area contributed by atoms with E-state index in [1.54, 1.807) is 6.20 Å². The first-order valence-electron chi connectivity index (χ1n) is 19.0. The smallest absolute Gasteiger partial charge is 0.482 e. The van der Waals surface area contributed by atoms with Crippen molar-refractivity contribution in [2.75, 3.05) is 13.2 Å². The standard InChI is InChI=1S/C41H53B2N3O6/c1-28(2)25-42(48)50-27-40(4)32-23-36(40)41(5)37(24-32)51-43(52-41)38(22-30-12-7-6-8-13-30)46-39(47)17-19-49-33-15-11-14-31(21-33)20-29(3)34(26-44)35-16-9-10-18-45-35/h6-16,18,21,28-29,32,34,36-38,48H,17,19-20,22-25,27H2,1-5H3,(H,46,47)/t29?,32-,34?,36-,37+,38?,40?,41-/m0/s1. The average Bonchev–Trinajstić information content (AvgIpc) is 3.49. The van der Waals surface area contributed by atoms with Crippen LogP contribution in [-0.4, -0.2) is 61.0 Å². The van der Waals surface area contributed by atoms with Crippen LogP contribution in [0.15, 0.2) is 79.0 Å². The summed E-state index contributed by atoms with van der Waals surface area (Å²) in [5, 5.41) is 23.5. The second-order valence-corrected chi connectivity index (χ2v) is 16.1. The minimum atomic E-state index is -0.766. The minimum Gasteiger partial charge on any atom is -0.493 e. The number of amides is 1. The zero-order valence-electron chi connectivity index (χ0n) is 31.2. The fourth-order valence-corrected chi connectivity index (χ4v) is 8.77. The molecule has 0 spiro atoms. The first-order chi connectivity index (χ1) is 25.0. The van der Waals surface area contributed by atoms with E-state index in [0.29, 0.717) is 43.4 Å². The number of rotatable bonds is 17. The second-order valence-electron chi connectivity index (χ2n) is 16.1. The fraction of sp³-hybridized carbons (Fsp3) is 0.537. The van der Waals surface area contributed by atoms with Gasteiger partial charge in [0.05, 0.1) is 48.4 Å². The van der Waals surface area contributed by atoms with Crippen LogP contribution in [0.1, 0.15) is 76.6 Å². The van der Waals surface area contributed by atoms with Crippen LogP contribution in [-0.2, 0) is 31.6 Å². The van der Waals surface area contributed by atoms with Gasteiger partial charge in [0.1, 0.15) is 5.75 Å². The highest BCUT2D eigenvalue weighted by Crippen LogP contribution is 2.66. The highest BCUT2D eigenvalue weighted by Gasteiger charge is 2.70. The van der Waals surface area contributed by atoms with E-state index in [-0.39, 0.29) is 54.1 Å². The summed E-state index contributed by atoms with van der Waals surface area (Å²) in [7, 11) is -1.37. The maximum atomic E-state index is 13.5. The maximum absolute atomic E-state index is 13.5. The predicted molar refractivity (Wildman–Crippen MR) is 202 cm³/mol. The number of nitrogens with one attached hydrogen (secondary N) is 1. The molecule has 1 saturated heterocycles. The molecule has 1 aliphatic heterocycles. The van der Waals surface area contributed by atoms with Crippen LogP contribution < -0.4 is 10.1 Å². The molecule has 11 heteroatoms. The first-order valence-corrected chi connectivity index (χ1v) is 19.0. The Morgan fingerprint density at radius 1 is 1.08 bits per heavy atom. The van der Waals surface area contributed by atoms with Crippen LogP contribution in [0, 0.1) is 40.4 Å². The van der Waals surface area contributed by atoms with E-state index in [2.05, 4.69) is 63.1 Å². The van der Waals surface area contributed by atoms with Crippen LogP contribution in [0.3, 0.4) is 0 Å². The molecule has 2 aromatic carbocycles. The number of aromatic nitrogens is 1. The molecule has 1 aromatic heterocycles. The Labute approximate surface area is 310 Å². The van der Waals surface area contributed by atoms with Gasteiger partial charge in [0.15, 0.2) is 0 Å². The van der Waals surface area contributed by atoms with Crippen LogP contribution in [0.5, 0.6) is 5.75 Å². The van der Waals surface area contributed by atoms with Crippen LogP contribution in [0.4, 0.5) is 0 Å². The van der Waals surface area contributed by atoms with Crippen molar-refractivity contribution in [3.05, 3.63) is 95.8 Å². The third kappa shape index (κ3) is 8.58. The Hall–Kier alpha value is -3.68. The van der Waals surface area contributed by atoms with E-state index in [1.807, 2.05) is 60.7 Å². The maximum Gasteiger partial charge on any atom is 0.482 e. The molecule has 9 nitrogen and oxygen atoms in total. The van der Waals surface area contributed by atoms with Crippen molar-refractivity contribution in [3.8, 4) is 11.8 Å². The van der Waals surface area contributed by atoms with E-state index in [0.717, 1.165) is 29.7 Å². The molecule has 4 aliphatic rings. The molecule has 3 aromatic rings. The van der Waals surface area contributed by atoms with Gasteiger partial charge in [-0.1, -0.05) is 76.2 Å². The van der Waals surface area contributed by atoms with Gasteiger partial charge in [-0.05, 0) is 103 Å². The summed E-state index contributed by atoms with van der Waals surface area (Å²) in [5.74, 6) is 0.925. The third-order valence-electron chi connectivity index (χ3n) is 11.7. The minimum absolute atomic E-state index is 0.0593. The lowest BCUT2D eigenvalue weighted by atomic mass is 9.43. The molecule has 4 unspecified atom stereocenters. The van der Waals surface area contributed by atoms with Gasteiger partial charge in [0.2, 0.25) is 5.91 Å². The lowest BCUT2D eigenvalue weighted by Gasteiger charge is -2.65. The van der Waals surface area contributed by atoms with Gasteiger partial charge in [0, 0.05) is 12.8 Å². The number of nitriles is 1. The topological polar surface area (TPSA) is 123 Å². The van der Waals surface area contributed by atoms with E-state index >= 15 is 0 Å². The van der Waals surface area contributed by atoms with Crippen molar-refractivity contribution in [2.24, 2.45) is 29.1 Å². The summed E-state index contributed by atoms with van der Waals surface area (Å²) < 4.78 is 25.6. The van der Waals surface area contributed by atoms with Crippen molar-refractivity contribution >= 4 is 20.1 Å². The van der Waals surface area contributed by atoms with Crippen molar-refractivity contribution in [3.63, 3.8) is 0 Å². The normalized spacial score (nSPS) is 26.4. The Morgan fingerprint density at radius 3 is 2.58 bits per heavy atom. The number of benzene rings is 2. The average molecular weight is 706 g/mol. The van der Waals surface area contributed by atoms with Crippen molar-refractivity contribution in [2.45, 2.75) is 96.6 Å². The highest BCUT2D eigenvalue weighted by molar-refractivity contribution is 6.48. The molecule has 2 N–H and O–H groups in total. The molecular formula is C41H53B2N3O6. The number of ether oxygens (including phenoxy) is 1. The summed E-state index contributed by atoms with van der Waals surface area (Å²) in [6, 6.07) is 26.0. The number of carbonyl (C=O) groups is 1. The van der Waals surface area contributed by atoms with Crippen molar-refractivity contribution in [1.29, 1.82) is 5.26 Å². The number of nitrogens with zero attached hydrogens (tertiary/aromatic N) is 2. The second kappa shape index (κ2) is 16.6. The molecule has 8 atom stereocenters. The number of hydrogen-bond acceptors (Lipinski definition) is 8. The van der Waals surface area contributed by atoms with Crippen molar-refractivity contribution < 1.29 is 28.5 Å². The van der Waals surface area contributed by atoms with Gasteiger partial charge in [-0.3, -0.25) is 9.78 Å². The third-order valence-corrected chi connectivity index (χ3v) is 11.7. The summed E-state index contributed by atoms with van der Waals surface area (Å²) >= 11 is 0. The monoisotopic (exact) mass is 705 g/mol. The van der Waals surface area contributed by atoms with E-state index in [1.165, 1.54) is 0 Å². The highest BCUT2D eigenvalue weighted by atomic mass is 16.7. The van der Waals surface area contributed by atoms with Crippen LogP contribution in [0.2, 0.25) is 6.32 Å². The molecule has 4 fully saturated rings. The summed E-state index contributed by atoms with van der Waals surface area (Å²) in [4.78, 5) is 17.9. The van der Waals surface area contributed by atoms with Gasteiger partial charge < -0.3 is 29.0 Å². The van der Waals surface area contributed by atoms with Gasteiger partial charge in [-0.2, -0.15) is 5.26 Å². The Morgan fingerprint density at radius 2 is 1.85 bits per heavy atom. The molecule has 2 heterocycles. The zero-order chi connectivity index (χ0) is 36.9. The van der Waals surface area contributed by atoms with Gasteiger partial charge >= 0.3 is 14.2 Å². The van der Waals surface area contributed by atoms with E-state index in [9.17, 15) is 15.1 Å². The molecule has 7 rings (SSSR count). The number of hydrogen-bond donors (Lipinski definition) is 2. The molecule has 2 bridgehead atoms. The molecule has 0 radical (unpaired) electrons. The molecule has 1 amide bonds. The largest absolute Gasteiger partial charge is 0.493 e. The Balaban J connectivity index is 1.05. The zero-order valence-corrected chi connectivity index (χ0v) is 31.2. The molecule has 274 valence electrons. The molecule has 3 saturated carbocycles. The first kappa shape index (κ1) is 38.1. The van der Waals surface area contributed by atoms with Gasteiger partial charge in [-0.15, -0.1) is 0 Å². The van der Waals surface area contributed by atoms with Gasteiger partial charge in [-0.25, -0.2) is 0 Å². The summed E-state index contributed by atoms with van der Waals surface area (Å²) in [5.41, 5.74) is 2.30. The summed E-state index contributed by atoms with van der Waals surface area (Å²) in [6.45, 7) is 11.4. The quantitative estimate of drug-likeness (QED) is 0.154. The fourth-order valence-electron chi connectivity index (χ4n) is 8.77. The number of carbonyl (C=O) groups excluding carboxylic acids is 1. The van der Waals surface area contributed by atoms with E-state index < -0.39 is 19.8 Å². The van der Waals surface area contributed by atoms with Crippen molar-refractivity contribution in [1.82, 2.24) is 10.3 Å². The van der Waals surface area contributed by atoms with Crippen LogP contribution in [0.25, 0.3) is 0 Å². The lowest BCUT2D eigenvalue weighted by Crippen LogP contribution is -2.68. The Kier molecular flexibility index (Phi) is 12.1. The summed E-state index contributed by atoms with van der Waals surface area (Å²) in [6.07, 6.45) is 5.60. The Bertz CT molecular complexity index is 1680. The molecular weight excluding hydrogens is 652 g/mol. The number of pyridine rings is 1. The molecule has 3 aliphatic carbocycles. The van der Waals surface area contributed by atoms with Gasteiger partial charge in [0.25, 0.3) is 0 Å². The lowest BCUT2D eigenvalue weighted by molar-refractivity contribution is -0.219. The van der Waals surface area contributed by atoms with Crippen LogP contribution >= 0.6 is 0 Å². The SMILES string of the molecule is CC(C)CB(O)OCC1(C)[C@@H]2C[C@H]3OB(C(Cc4ccccc4)NC(=O)CCOc4cccc(CC(C)C(C#N)c5ccccn5)c4)O[C@@]3(C)[C@H]1C2.